The van der Waals surface area contributed by atoms with Gasteiger partial charge in [0.15, 0.2) is 0 Å². The molecule has 2 amide bonds. The van der Waals surface area contributed by atoms with Crippen molar-refractivity contribution in [3.8, 4) is 0 Å². The summed E-state index contributed by atoms with van der Waals surface area (Å²) in [5, 5.41) is 12.0. The van der Waals surface area contributed by atoms with Gasteiger partial charge in [-0.05, 0) is 65.7 Å². The summed E-state index contributed by atoms with van der Waals surface area (Å²) in [6.45, 7) is 3.05. The van der Waals surface area contributed by atoms with Gasteiger partial charge < -0.3 is 19.9 Å². The molecule has 43 heavy (non-hydrogen) atoms. The number of ether oxygens (including phenoxy) is 1. The molecule has 1 saturated heterocycles. The number of para-hydroxylation sites is 1. The van der Waals surface area contributed by atoms with Crippen LogP contribution in [-0.2, 0) is 27.4 Å². The predicted octanol–water partition coefficient (Wildman–Crippen LogP) is 4.73. The SMILES string of the molecule is O=C(Nc1ccc(N2CCOCC2)cc1)C(c1ccc(Cl)cc1)N(Cc1cccnc1)C(=O)Cn1nnc2ccccc21. The Morgan fingerprint density at radius 1 is 0.953 bits per heavy atom. The molecule has 218 valence electrons. The van der Waals surface area contributed by atoms with Crippen LogP contribution in [0.15, 0.2) is 97.3 Å². The standard InChI is InChI=1S/C32H30ClN7O3/c33-25-9-7-24(8-10-25)31(32(42)35-26-11-13-27(14-12-26)38-16-18-43-19-17-38)39(21-23-4-3-15-34-20-23)30(41)22-40-29-6-2-1-5-28(29)36-37-40/h1-15,20,31H,16-19,21-22H2,(H,35,42). The molecule has 5 aromatic rings. The second kappa shape index (κ2) is 13.0. The van der Waals surface area contributed by atoms with Crippen LogP contribution in [0, 0.1) is 0 Å². The van der Waals surface area contributed by atoms with Gasteiger partial charge >= 0.3 is 0 Å². The Bertz CT molecular complexity index is 1690. The van der Waals surface area contributed by atoms with E-state index in [1.807, 2.05) is 54.6 Å². The maximum atomic E-state index is 14.1. The van der Waals surface area contributed by atoms with E-state index in [9.17, 15) is 9.59 Å². The van der Waals surface area contributed by atoms with Crippen LogP contribution >= 0.6 is 11.6 Å². The second-order valence-electron chi connectivity index (χ2n) is 10.2. The molecule has 1 atom stereocenters. The van der Waals surface area contributed by atoms with Gasteiger partial charge in [-0.25, -0.2) is 4.68 Å². The lowest BCUT2D eigenvalue weighted by atomic mass is 10.0. The number of anilines is 2. The zero-order valence-electron chi connectivity index (χ0n) is 23.3. The minimum Gasteiger partial charge on any atom is -0.378 e. The summed E-state index contributed by atoms with van der Waals surface area (Å²) in [5.41, 5.74) is 4.49. The third-order valence-electron chi connectivity index (χ3n) is 7.36. The molecule has 3 aromatic carbocycles. The number of hydrogen-bond acceptors (Lipinski definition) is 7. The van der Waals surface area contributed by atoms with E-state index in [2.05, 4.69) is 25.5 Å². The van der Waals surface area contributed by atoms with Gasteiger partial charge in [-0.2, -0.15) is 0 Å². The average Bonchev–Trinajstić information content (AvgIpc) is 3.45. The normalized spacial score (nSPS) is 13.9. The Hall–Kier alpha value is -4.80. The number of carbonyl (C=O) groups excluding carboxylic acids is 2. The van der Waals surface area contributed by atoms with E-state index in [-0.39, 0.29) is 24.9 Å². The van der Waals surface area contributed by atoms with Crippen molar-refractivity contribution in [2.24, 2.45) is 0 Å². The highest BCUT2D eigenvalue weighted by Crippen LogP contribution is 2.28. The van der Waals surface area contributed by atoms with Gasteiger partial charge in [0.1, 0.15) is 18.1 Å². The van der Waals surface area contributed by atoms with Crippen molar-refractivity contribution in [1.29, 1.82) is 0 Å². The molecule has 2 aromatic heterocycles. The number of amides is 2. The molecule has 0 aliphatic carbocycles. The van der Waals surface area contributed by atoms with Gasteiger partial charge in [0.2, 0.25) is 5.91 Å². The number of carbonyl (C=O) groups is 2. The van der Waals surface area contributed by atoms with Crippen molar-refractivity contribution in [1.82, 2.24) is 24.9 Å². The summed E-state index contributed by atoms with van der Waals surface area (Å²) < 4.78 is 7.01. The van der Waals surface area contributed by atoms with Gasteiger partial charge in [-0.3, -0.25) is 14.6 Å². The van der Waals surface area contributed by atoms with E-state index < -0.39 is 6.04 Å². The fourth-order valence-corrected chi connectivity index (χ4v) is 5.30. The number of fused-ring (bicyclic) bond motifs is 1. The summed E-state index contributed by atoms with van der Waals surface area (Å²) >= 11 is 6.21. The highest BCUT2D eigenvalue weighted by Gasteiger charge is 2.32. The van der Waals surface area contributed by atoms with Crippen molar-refractivity contribution >= 4 is 45.8 Å². The maximum Gasteiger partial charge on any atom is 0.251 e. The summed E-state index contributed by atoms with van der Waals surface area (Å²) in [6.07, 6.45) is 3.35. The fourth-order valence-electron chi connectivity index (χ4n) is 5.17. The minimum atomic E-state index is -0.973. The maximum absolute atomic E-state index is 14.1. The van der Waals surface area contributed by atoms with E-state index in [1.54, 1.807) is 52.3 Å². The number of hydrogen-bond donors (Lipinski definition) is 1. The Kier molecular flexibility index (Phi) is 8.57. The molecule has 3 heterocycles. The first-order chi connectivity index (χ1) is 21.0. The van der Waals surface area contributed by atoms with Crippen molar-refractivity contribution in [2.45, 2.75) is 19.1 Å². The number of halogens is 1. The highest BCUT2D eigenvalue weighted by atomic mass is 35.5. The van der Waals surface area contributed by atoms with Crippen LogP contribution in [0.3, 0.4) is 0 Å². The number of pyridine rings is 1. The van der Waals surface area contributed by atoms with Gasteiger partial charge in [0.25, 0.3) is 5.91 Å². The monoisotopic (exact) mass is 595 g/mol. The average molecular weight is 596 g/mol. The van der Waals surface area contributed by atoms with Gasteiger partial charge in [-0.15, -0.1) is 5.10 Å². The molecule has 10 nitrogen and oxygen atoms in total. The third kappa shape index (κ3) is 6.66. The molecule has 6 rings (SSSR count). The van der Waals surface area contributed by atoms with Crippen LogP contribution in [0.4, 0.5) is 11.4 Å². The van der Waals surface area contributed by atoms with Gasteiger partial charge in [0.05, 0.1) is 18.7 Å². The van der Waals surface area contributed by atoms with Crippen molar-refractivity contribution in [2.75, 3.05) is 36.5 Å². The number of rotatable bonds is 9. The van der Waals surface area contributed by atoms with Gasteiger partial charge in [0, 0.05) is 48.4 Å². The minimum absolute atomic E-state index is 0.105. The van der Waals surface area contributed by atoms with E-state index >= 15 is 0 Å². The van der Waals surface area contributed by atoms with E-state index in [4.69, 9.17) is 16.3 Å². The molecule has 11 heteroatoms. The zero-order valence-corrected chi connectivity index (χ0v) is 24.1. The molecule has 1 N–H and O–H groups in total. The van der Waals surface area contributed by atoms with Crippen molar-refractivity contribution < 1.29 is 14.3 Å². The molecule has 0 radical (unpaired) electrons. The van der Waals surface area contributed by atoms with Crippen LogP contribution in [-0.4, -0.2) is 63.0 Å². The first-order valence-corrected chi connectivity index (χ1v) is 14.4. The molecule has 0 saturated carbocycles. The third-order valence-corrected chi connectivity index (χ3v) is 7.61. The number of benzene rings is 3. The lowest BCUT2D eigenvalue weighted by Crippen LogP contribution is -2.42. The summed E-state index contributed by atoms with van der Waals surface area (Å²) in [6, 6.07) is 24.8. The van der Waals surface area contributed by atoms with Gasteiger partial charge in [-0.1, -0.05) is 47.1 Å². The molecule has 0 bridgehead atoms. The summed E-state index contributed by atoms with van der Waals surface area (Å²) in [4.78, 5) is 36.2. The fraction of sp³-hybridized carbons (Fsp3) is 0.219. The number of morpholine rings is 1. The Morgan fingerprint density at radius 2 is 1.72 bits per heavy atom. The first-order valence-electron chi connectivity index (χ1n) is 14.0. The quantitative estimate of drug-likeness (QED) is 0.263. The molecule has 1 unspecified atom stereocenters. The van der Waals surface area contributed by atoms with E-state index in [1.165, 1.54) is 0 Å². The number of nitrogens with zero attached hydrogens (tertiary/aromatic N) is 6. The lowest BCUT2D eigenvalue weighted by molar-refractivity contribution is -0.140. The molecular weight excluding hydrogens is 566 g/mol. The number of nitrogens with one attached hydrogen (secondary N) is 1. The topological polar surface area (TPSA) is 105 Å². The highest BCUT2D eigenvalue weighted by molar-refractivity contribution is 6.30. The van der Waals surface area contributed by atoms with Crippen LogP contribution in [0.25, 0.3) is 11.0 Å². The van der Waals surface area contributed by atoms with Crippen LogP contribution in [0.2, 0.25) is 5.02 Å². The van der Waals surface area contributed by atoms with E-state index in [0.717, 1.165) is 29.9 Å². The Balaban J connectivity index is 1.32. The van der Waals surface area contributed by atoms with Crippen molar-refractivity contribution in [3.05, 3.63) is 113 Å². The van der Waals surface area contributed by atoms with Crippen LogP contribution in [0.1, 0.15) is 17.2 Å². The lowest BCUT2D eigenvalue weighted by Gasteiger charge is -2.32. The van der Waals surface area contributed by atoms with E-state index in [0.29, 0.717) is 35.0 Å². The largest absolute Gasteiger partial charge is 0.378 e. The second-order valence-corrected chi connectivity index (χ2v) is 10.6. The smallest absolute Gasteiger partial charge is 0.251 e. The molecular formula is C32H30ClN7O3. The van der Waals surface area contributed by atoms with Crippen LogP contribution in [0.5, 0.6) is 0 Å². The summed E-state index contributed by atoms with van der Waals surface area (Å²) in [5.74, 6) is -0.667. The zero-order chi connectivity index (χ0) is 29.6. The molecule has 1 fully saturated rings. The first kappa shape index (κ1) is 28.3. The summed E-state index contributed by atoms with van der Waals surface area (Å²) in [7, 11) is 0. The molecule has 1 aliphatic rings. The molecule has 0 spiro atoms. The molecule has 1 aliphatic heterocycles. The predicted molar refractivity (Wildman–Crippen MR) is 165 cm³/mol. The number of aromatic nitrogens is 4. The van der Waals surface area contributed by atoms with Crippen LogP contribution < -0.4 is 10.2 Å². The van der Waals surface area contributed by atoms with Crippen molar-refractivity contribution in [3.63, 3.8) is 0 Å². The Morgan fingerprint density at radius 3 is 2.47 bits per heavy atom. The Labute approximate surface area is 253 Å².